The molecule has 8 nitrogen and oxygen atoms in total. The Hall–Kier alpha value is -2.91. The lowest BCUT2D eigenvalue weighted by Gasteiger charge is -2.34. The Kier molecular flexibility index (Phi) is 6.50. The monoisotopic (exact) mass is 418 g/mol. The van der Waals surface area contributed by atoms with E-state index in [4.69, 9.17) is 4.74 Å². The van der Waals surface area contributed by atoms with Crippen LogP contribution in [0.4, 0.5) is 0 Å². The smallest absolute Gasteiger partial charge is 0.337 e. The Balaban J connectivity index is 1.54. The largest absolute Gasteiger partial charge is 0.484 e. The van der Waals surface area contributed by atoms with Crippen LogP contribution >= 0.6 is 0 Å². The van der Waals surface area contributed by atoms with Crippen molar-refractivity contribution in [2.45, 2.75) is 4.90 Å². The van der Waals surface area contributed by atoms with E-state index in [1.54, 1.807) is 53.4 Å². The molecule has 1 saturated heterocycles. The Labute approximate surface area is 169 Å². The molecule has 29 heavy (non-hydrogen) atoms. The van der Waals surface area contributed by atoms with Crippen molar-refractivity contribution in [3.05, 3.63) is 60.2 Å². The molecule has 2 aromatic carbocycles. The zero-order valence-electron chi connectivity index (χ0n) is 16.0. The zero-order valence-corrected chi connectivity index (χ0v) is 16.8. The van der Waals surface area contributed by atoms with Gasteiger partial charge in [0.1, 0.15) is 5.75 Å². The molecule has 0 aromatic heterocycles. The fraction of sp³-hybridized carbons (Fsp3) is 0.300. The number of hydrogen-bond acceptors (Lipinski definition) is 6. The van der Waals surface area contributed by atoms with Gasteiger partial charge in [0.2, 0.25) is 10.0 Å². The van der Waals surface area contributed by atoms with Gasteiger partial charge in [0.05, 0.1) is 17.6 Å². The van der Waals surface area contributed by atoms with Crippen molar-refractivity contribution in [1.29, 1.82) is 0 Å². The molecule has 0 radical (unpaired) electrons. The number of piperazine rings is 1. The van der Waals surface area contributed by atoms with Gasteiger partial charge in [-0.1, -0.05) is 24.3 Å². The minimum Gasteiger partial charge on any atom is -0.484 e. The van der Waals surface area contributed by atoms with Crippen molar-refractivity contribution in [2.24, 2.45) is 0 Å². The summed E-state index contributed by atoms with van der Waals surface area (Å²) in [6.07, 6.45) is 0. The van der Waals surface area contributed by atoms with E-state index in [-0.39, 0.29) is 43.6 Å². The summed E-state index contributed by atoms with van der Waals surface area (Å²) in [5, 5.41) is 0. The number of ether oxygens (including phenoxy) is 2. The lowest BCUT2D eigenvalue weighted by Crippen LogP contribution is -2.51. The van der Waals surface area contributed by atoms with Gasteiger partial charge in [-0.15, -0.1) is 0 Å². The van der Waals surface area contributed by atoms with Gasteiger partial charge >= 0.3 is 5.97 Å². The van der Waals surface area contributed by atoms with E-state index in [0.717, 1.165) is 0 Å². The van der Waals surface area contributed by atoms with Gasteiger partial charge in [-0.25, -0.2) is 13.2 Å². The molecule has 1 heterocycles. The van der Waals surface area contributed by atoms with Crippen LogP contribution in [0, 0.1) is 0 Å². The predicted octanol–water partition coefficient (Wildman–Crippen LogP) is 1.39. The third kappa shape index (κ3) is 4.93. The molecule has 2 aromatic rings. The van der Waals surface area contributed by atoms with Crippen molar-refractivity contribution in [3.63, 3.8) is 0 Å². The molecule has 9 heteroatoms. The summed E-state index contributed by atoms with van der Waals surface area (Å²) in [7, 11) is -2.27. The quantitative estimate of drug-likeness (QED) is 0.658. The highest BCUT2D eigenvalue weighted by atomic mass is 32.2. The van der Waals surface area contributed by atoms with Gasteiger partial charge in [0.25, 0.3) is 5.91 Å². The average molecular weight is 418 g/mol. The SMILES string of the molecule is COC(=O)c1cccc(OCC(=O)N2CCN(S(=O)(=O)c3ccccc3)CC2)c1. The van der Waals surface area contributed by atoms with Crippen LogP contribution in [0.2, 0.25) is 0 Å². The molecular formula is C20H22N2O6S. The molecule has 1 amide bonds. The van der Waals surface area contributed by atoms with E-state index >= 15 is 0 Å². The van der Waals surface area contributed by atoms with E-state index in [2.05, 4.69) is 4.74 Å². The third-order valence-corrected chi connectivity index (χ3v) is 6.50. The van der Waals surface area contributed by atoms with E-state index in [1.165, 1.54) is 17.5 Å². The van der Waals surface area contributed by atoms with Gasteiger partial charge in [-0.2, -0.15) is 4.31 Å². The number of sulfonamides is 1. The fourth-order valence-electron chi connectivity index (χ4n) is 2.99. The van der Waals surface area contributed by atoms with E-state index in [9.17, 15) is 18.0 Å². The first-order chi connectivity index (χ1) is 13.9. The maximum atomic E-state index is 12.6. The van der Waals surface area contributed by atoms with Crippen LogP contribution in [0.1, 0.15) is 10.4 Å². The third-order valence-electron chi connectivity index (χ3n) is 4.59. The second-order valence-electron chi connectivity index (χ2n) is 6.41. The van der Waals surface area contributed by atoms with Crippen molar-refractivity contribution < 1.29 is 27.5 Å². The van der Waals surface area contributed by atoms with E-state index < -0.39 is 16.0 Å². The standard InChI is InChI=1S/C20H22N2O6S/c1-27-20(24)16-6-5-7-17(14-16)28-15-19(23)21-10-12-22(13-11-21)29(25,26)18-8-3-2-4-9-18/h2-9,14H,10-13,15H2,1H3. The number of amides is 1. The molecule has 0 bridgehead atoms. The molecule has 0 atom stereocenters. The molecule has 0 spiro atoms. The second-order valence-corrected chi connectivity index (χ2v) is 8.34. The molecule has 1 aliphatic rings. The maximum absolute atomic E-state index is 12.6. The van der Waals surface area contributed by atoms with E-state index in [1.807, 2.05) is 0 Å². The molecular weight excluding hydrogens is 396 g/mol. The highest BCUT2D eigenvalue weighted by molar-refractivity contribution is 7.89. The number of carbonyl (C=O) groups excluding carboxylic acids is 2. The number of hydrogen-bond donors (Lipinski definition) is 0. The molecule has 0 unspecified atom stereocenters. The maximum Gasteiger partial charge on any atom is 0.337 e. The summed E-state index contributed by atoms with van der Waals surface area (Å²) < 4.78 is 36.8. The van der Waals surface area contributed by atoms with E-state index in [0.29, 0.717) is 11.3 Å². The topological polar surface area (TPSA) is 93.2 Å². The van der Waals surface area contributed by atoms with Crippen LogP contribution in [0.3, 0.4) is 0 Å². The summed E-state index contributed by atoms with van der Waals surface area (Å²) in [6, 6.07) is 14.6. The normalized spacial score (nSPS) is 15.0. The van der Waals surface area contributed by atoms with Gasteiger partial charge in [0, 0.05) is 26.2 Å². The highest BCUT2D eigenvalue weighted by Crippen LogP contribution is 2.18. The molecule has 1 fully saturated rings. The van der Waals surface area contributed by atoms with Crippen molar-refractivity contribution in [2.75, 3.05) is 39.9 Å². The summed E-state index contributed by atoms with van der Waals surface area (Å²) in [5.41, 5.74) is 0.331. The predicted molar refractivity (Wildman–Crippen MR) is 105 cm³/mol. The summed E-state index contributed by atoms with van der Waals surface area (Å²) in [5.74, 6) is -0.353. The lowest BCUT2D eigenvalue weighted by molar-refractivity contribution is -0.134. The summed E-state index contributed by atoms with van der Waals surface area (Å²) >= 11 is 0. The fourth-order valence-corrected chi connectivity index (χ4v) is 4.43. The second kappa shape index (κ2) is 9.06. The number of esters is 1. The van der Waals surface area contributed by atoms with Gasteiger partial charge < -0.3 is 14.4 Å². The van der Waals surface area contributed by atoms with Gasteiger partial charge in [0.15, 0.2) is 6.61 Å². The van der Waals surface area contributed by atoms with Crippen molar-refractivity contribution in [3.8, 4) is 5.75 Å². The molecule has 3 rings (SSSR count). The first-order valence-corrected chi connectivity index (χ1v) is 10.5. The Morgan fingerprint density at radius 3 is 2.31 bits per heavy atom. The minimum absolute atomic E-state index is 0.198. The van der Waals surface area contributed by atoms with Gasteiger partial charge in [-0.05, 0) is 30.3 Å². The lowest BCUT2D eigenvalue weighted by atomic mass is 10.2. The first-order valence-electron chi connectivity index (χ1n) is 9.06. The first kappa shape index (κ1) is 20.8. The average Bonchev–Trinajstić information content (AvgIpc) is 2.77. The van der Waals surface area contributed by atoms with Crippen molar-refractivity contribution >= 4 is 21.9 Å². The van der Waals surface area contributed by atoms with Crippen LogP contribution in [-0.2, 0) is 19.6 Å². The molecule has 0 aliphatic carbocycles. The molecule has 0 saturated carbocycles. The number of carbonyl (C=O) groups is 2. The van der Waals surface area contributed by atoms with Gasteiger partial charge in [-0.3, -0.25) is 4.79 Å². The molecule has 1 aliphatic heterocycles. The van der Waals surface area contributed by atoms with Crippen molar-refractivity contribution in [1.82, 2.24) is 9.21 Å². The number of methoxy groups -OCH3 is 1. The summed E-state index contributed by atoms with van der Waals surface area (Å²) in [6.45, 7) is 0.824. The molecule has 154 valence electrons. The van der Waals surface area contributed by atoms with Crippen LogP contribution < -0.4 is 4.74 Å². The number of benzene rings is 2. The van der Waals surface area contributed by atoms with Crippen LogP contribution in [0.15, 0.2) is 59.5 Å². The number of rotatable bonds is 6. The highest BCUT2D eigenvalue weighted by Gasteiger charge is 2.30. The Morgan fingerprint density at radius 2 is 1.66 bits per heavy atom. The molecule has 0 N–H and O–H groups in total. The zero-order chi connectivity index (χ0) is 20.9. The Morgan fingerprint density at radius 1 is 0.966 bits per heavy atom. The van der Waals surface area contributed by atoms with Crippen LogP contribution in [0.25, 0.3) is 0 Å². The Bertz CT molecular complexity index is 969. The van der Waals surface area contributed by atoms with Crippen LogP contribution in [0.5, 0.6) is 5.75 Å². The number of nitrogens with zero attached hydrogens (tertiary/aromatic N) is 2. The minimum atomic E-state index is -3.56. The van der Waals surface area contributed by atoms with Crippen LogP contribution in [-0.4, -0.2) is 69.4 Å². The summed E-state index contributed by atoms with van der Waals surface area (Å²) in [4.78, 5) is 25.8.